The third-order valence-electron chi connectivity index (χ3n) is 4.36. The number of carbonyl (C=O) groups is 3. The molecule has 3 rings (SSSR count). The molecule has 2 aromatic rings. The SMILES string of the molecule is CN1C(=O)C(Cc2ccccc2)N(C(C(=O)O)c2ccccc2)C1=O. The molecule has 1 heterocycles. The molecule has 25 heavy (non-hydrogen) atoms. The topological polar surface area (TPSA) is 77.9 Å². The van der Waals surface area contributed by atoms with Crippen LogP contribution in [0.4, 0.5) is 4.79 Å². The highest BCUT2D eigenvalue weighted by atomic mass is 16.4. The summed E-state index contributed by atoms with van der Waals surface area (Å²) in [5.41, 5.74) is 1.33. The molecular formula is C19H18N2O4. The maximum atomic E-state index is 12.6. The minimum absolute atomic E-state index is 0.270. The van der Waals surface area contributed by atoms with Crippen molar-refractivity contribution in [3.05, 3.63) is 71.8 Å². The standard InChI is InChI=1S/C19H18N2O4/c1-20-17(22)15(12-13-8-4-2-5-9-13)21(19(20)25)16(18(23)24)14-10-6-3-7-11-14/h2-11,15-16H,12H2,1H3,(H,23,24). The van der Waals surface area contributed by atoms with Gasteiger partial charge in [0.25, 0.3) is 5.91 Å². The molecule has 6 nitrogen and oxygen atoms in total. The molecule has 0 radical (unpaired) electrons. The van der Waals surface area contributed by atoms with E-state index in [2.05, 4.69) is 0 Å². The second-order valence-corrected chi connectivity index (χ2v) is 5.94. The van der Waals surface area contributed by atoms with Crippen LogP contribution in [0.5, 0.6) is 0 Å². The molecule has 0 spiro atoms. The predicted octanol–water partition coefficient (Wildman–Crippen LogP) is 2.32. The summed E-state index contributed by atoms with van der Waals surface area (Å²) in [5.74, 6) is -1.56. The van der Waals surface area contributed by atoms with E-state index in [-0.39, 0.29) is 6.42 Å². The summed E-state index contributed by atoms with van der Waals surface area (Å²) < 4.78 is 0. The molecular weight excluding hydrogens is 320 g/mol. The lowest BCUT2D eigenvalue weighted by molar-refractivity contribution is -0.143. The van der Waals surface area contributed by atoms with Crippen LogP contribution in [0, 0.1) is 0 Å². The molecule has 1 aliphatic heterocycles. The number of likely N-dealkylation sites (N-methyl/N-ethyl adjacent to an activating group) is 1. The molecule has 1 fully saturated rings. The number of amides is 3. The summed E-state index contributed by atoms with van der Waals surface area (Å²) in [7, 11) is 1.38. The largest absolute Gasteiger partial charge is 0.479 e. The Morgan fingerprint density at radius 1 is 1.04 bits per heavy atom. The molecule has 6 heteroatoms. The zero-order valence-electron chi connectivity index (χ0n) is 13.7. The van der Waals surface area contributed by atoms with Gasteiger partial charge in [-0.15, -0.1) is 0 Å². The first kappa shape index (κ1) is 16.7. The van der Waals surface area contributed by atoms with Gasteiger partial charge in [0.05, 0.1) is 0 Å². The first-order chi connectivity index (χ1) is 12.0. The van der Waals surface area contributed by atoms with E-state index in [1.807, 2.05) is 30.3 Å². The fourth-order valence-corrected chi connectivity index (χ4v) is 3.11. The molecule has 0 aliphatic carbocycles. The Kier molecular flexibility index (Phi) is 4.52. The van der Waals surface area contributed by atoms with E-state index in [1.54, 1.807) is 30.3 Å². The highest BCUT2D eigenvalue weighted by Crippen LogP contribution is 2.31. The van der Waals surface area contributed by atoms with Crippen molar-refractivity contribution in [3.8, 4) is 0 Å². The van der Waals surface area contributed by atoms with Crippen molar-refractivity contribution in [2.75, 3.05) is 7.05 Å². The number of benzene rings is 2. The smallest absolute Gasteiger partial charge is 0.331 e. The van der Waals surface area contributed by atoms with Gasteiger partial charge >= 0.3 is 12.0 Å². The number of imide groups is 1. The fraction of sp³-hybridized carbons (Fsp3) is 0.211. The third kappa shape index (κ3) is 3.10. The number of hydrogen-bond acceptors (Lipinski definition) is 3. The highest BCUT2D eigenvalue weighted by molar-refractivity contribution is 6.05. The monoisotopic (exact) mass is 338 g/mol. The maximum Gasteiger partial charge on any atom is 0.331 e. The van der Waals surface area contributed by atoms with Crippen molar-refractivity contribution >= 4 is 17.9 Å². The average Bonchev–Trinajstić information content (AvgIpc) is 2.82. The van der Waals surface area contributed by atoms with Crippen LogP contribution < -0.4 is 0 Å². The summed E-state index contributed by atoms with van der Waals surface area (Å²) in [4.78, 5) is 39.2. The summed E-state index contributed by atoms with van der Waals surface area (Å²) in [6.45, 7) is 0. The van der Waals surface area contributed by atoms with Crippen molar-refractivity contribution in [2.24, 2.45) is 0 Å². The van der Waals surface area contributed by atoms with Gasteiger partial charge in [0, 0.05) is 13.5 Å². The van der Waals surface area contributed by atoms with Crippen LogP contribution in [0.3, 0.4) is 0 Å². The van der Waals surface area contributed by atoms with Crippen molar-refractivity contribution in [1.29, 1.82) is 0 Å². The number of carboxylic acids is 1. The van der Waals surface area contributed by atoms with E-state index in [9.17, 15) is 19.5 Å². The number of aliphatic carboxylic acids is 1. The Morgan fingerprint density at radius 3 is 2.16 bits per heavy atom. The molecule has 1 saturated heterocycles. The van der Waals surface area contributed by atoms with Gasteiger partial charge in [-0.2, -0.15) is 0 Å². The molecule has 3 amide bonds. The van der Waals surface area contributed by atoms with Gasteiger partial charge < -0.3 is 5.11 Å². The lowest BCUT2D eigenvalue weighted by Gasteiger charge is -2.28. The van der Waals surface area contributed by atoms with E-state index in [0.717, 1.165) is 10.5 Å². The fourth-order valence-electron chi connectivity index (χ4n) is 3.11. The van der Waals surface area contributed by atoms with Crippen LogP contribution >= 0.6 is 0 Å². The van der Waals surface area contributed by atoms with Gasteiger partial charge in [-0.1, -0.05) is 60.7 Å². The van der Waals surface area contributed by atoms with Gasteiger partial charge in [-0.05, 0) is 11.1 Å². The first-order valence-corrected chi connectivity index (χ1v) is 7.92. The van der Waals surface area contributed by atoms with Gasteiger partial charge in [0.1, 0.15) is 6.04 Å². The Balaban J connectivity index is 2.01. The minimum atomic E-state index is -1.21. The van der Waals surface area contributed by atoms with Crippen molar-refractivity contribution in [3.63, 3.8) is 0 Å². The molecule has 2 atom stereocenters. The van der Waals surface area contributed by atoms with Crippen molar-refractivity contribution in [1.82, 2.24) is 9.80 Å². The zero-order valence-corrected chi connectivity index (χ0v) is 13.7. The highest BCUT2D eigenvalue weighted by Gasteiger charge is 2.48. The Morgan fingerprint density at radius 2 is 1.60 bits per heavy atom. The van der Waals surface area contributed by atoms with E-state index in [0.29, 0.717) is 5.56 Å². The average molecular weight is 338 g/mol. The minimum Gasteiger partial charge on any atom is -0.479 e. The van der Waals surface area contributed by atoms with E-state index in [1.165, 1.54) is 11.9 Å². The summed E-state index contributed by atoms with van der Waals surface area (Å²) in [6, 6.07) is 15.1. The maximum absolute atomic E-state index is 12.6. The van der Waals surface area contributed by atoms with Crippen LogP contribution in [0.25, 0.3) is 0 Å². The second kappa shape index (κ2) is 6.76. The van der Waals surface area contributed by atoms with Crippen molar-refractivity contribution in [2.45, 2.75) is 18.5 Å². The lowest BCUT2D eigenvalue weighted by atomic mass is 10.0. The van der Waals surface area contributed by atoms with E-state index in [4.69, 9.17) is 0 Å². The van der Waals surface area contributed by atoms with Crippen LogP contribution in [-0.2, 0) is 16.0 Å². The summed E-state index contributed by atoms with van der Waals surface area (Å²) in [5, 5.41) is 9.74. The summed E-state index contributed by atoms with van der Waals surface area (Å²) in [6.07, 6.45) is 0.270. The molecule has 1 aliphatic rings. The number of carboxylic acid groups (broad SMARTS) is 1. The van der Waals surface area contributed by atoms with Gasteiger partial charge in [-0.25, -0.2) is 9.59 Å². The Bertz CT molecular complexity index is 792. The zero-order chi connectivity index (χ0) is 18.0. The molecule has 2 unspecified atom stereocenters. The number of nitrogens with zero attached hydrogens (tertiary/aromatic N) is 2. The van der Waals surface area contributed by atoms with Crippen LogP contribution in [0.1, 0.15) is 17.2 Å². The molecule has 0 aromatic heterocycles. The number of urea groups is 1. The summed E-state index contributed by atoms with van der Waals surface area (Å²) >= 11 is 0. The first-order valence-electron chi connectivity index (χ1n) is 7.92. The van der Waals surface area contributed by atoms with E-state index >= 15 is 0 Å². The van der Waals surface area contributed by atoms with Crippen LogP contribution in [0.15, 0.2) is 60.7 Å². The quantitative estimate of drug-likeness (QED) is 0.849. The number of hydrogen-bond donors (Lipinski definition) is 1. The third-order valence-corrected chi connectivity index (χ3v) is 4.36. The molecule has 0 saturated carbocycles. The van der Waals surface area contributed by atoms with Crippen LogP contribution in [0.2, 0.25) is 0 Å². The van der Waals surface area contributed by atoms with Crippen LogP contribution in [-0.4, -0.2) is 45.9 Å². The molecule has 2 aromatic carbocycles. The van der Waals surface area contributed by atoms with Gasteiger partial charge in [0.15, 0.2) is 6.04 Å². The number of rotatable bonds is 5. The van der Waals surface area contributed by atoms with Gasteiger partial charge in [0.2, 0.25) is 0 Å². The van der Waals surface area contributed by atoms with Gasteiger partial charge in [-0.3, -0.25) is 14.6 Å². The predicted molar refractivity (Wildman–Crippen MR) is 90.8 cm³/mol. The molecule has 0 bridgehead atoms. The Labute approximate surface area is 145 Å². The molecule has 128 valence electrons. The lowest BCUT2D eigenvalue weighted by Crippen LogP contribution is -2.43. The normalized spacial score (nSPS) is 18.5. The van der Waals surface area contributed by atoms with E-state index < -0.39 is 30.0 Å². The Hall–Kier alpha value is -3.15. The molecule has 1 N–H and O–H groups in total. The second-order valence-electron chi connectivity index (χ2n) is 5.94. The number of carbonyl (C=O) groups excluding carboxylic acids is 2. The van der Waals surface area contributed by atoms with Crippen molar-refractivity contribution < 1.29 is 19.5 Å².